The van der Waals surface area contributed by atoms with Gasteiger partial charge in [0.05, 0.1) is 6.33 Å². The Kier molecular flexibility index (Phi) is 5.46. The minimum absolute atomic E-state index is 0.0979. The first-order valence-corrected chi connectivity index (χ1v) is 11.1. The Morgan fingerprint density at radius 2 is 2.16 bits per heavy atom. The summed E-state index contributed by atoms with van der Waals surface area (Å²) < 4.78 is 8.21. The van der Waals surface area contributed by atoms with Crippen LogP contribution in [0.4, 0.5) is 5.82 Å². The molecule has 1 fully saturated rings. The number of H-pyrrole nitrogens is 1. The summed E-state index contributed by atoms with van der Waals surface area (Å²) in [7, 11) is 0. The number of aromatic nitrogens is 5. The van der Waals surface area contributed by atoms with E-state index in [1.54, 1.807) is 0 Å². The van der Waals surface area contributed by atoms with Crippen molar-refractivity contribution >= 4 is 27.9 Å². The fourth-order valence-corrected chi connectivity index (χ4v) is 4.17. The highest BCUT2D eigenvalue weighted by Gasteiger charge is 2.20. The maximum absolute atomic E-state index is 6.15. The highest BCUT2D eigenvalue weighted by Crippen LogP contribution is 2.25. The molecule has 1 aromatic carbocycles. The number of hydrogen-bond donors (Lipinski definition) is 3. The third-order valence-corrected chi connectivity index (χ3v) is 5.84. The SMILES string of the molecule is CC(C)n1cnc2c(NCCc3c[nH]c4ccccc34)nc(OC3CCCNC3)nc21. The van der Waals surface area contributed by atoms with E-state index in [9.17, 15) is 0 Å². The second kappa shape index (κ2) is 8.55. The molecule has 1 aliphatic heterocycles. The molecule has 8 heteroatoms. The number of imidazole rings is 1. The molecule has 0 amide bonds. The molecule has 3 N–H and O–H groups in total. The van der Waals surface area contributed by atoms with Crippen molar-refractivity contribution in [2.75, 3.05) is 25.0 Å². The molecular formula is C23H29N7O. The Balaban J connectivity index is 1.39. The van der Waals surface area contributed by atoms with Crippen LogP contribution in [0.5, 0.6) is 6.01 Å². The summed E-state index contributed by atoms with van der Waals surface area (Å²) in [6.45, 7) is 6.86. The summed E-state index contributed by atoms with van der Waals surface area (Å²) >= 11 is 0. The van der Waals surface area contributed by atoms with Crippen LogP contribution in [-0.4, -0.2) is 50.2 Å². The van der Waals surface area contributed by atoms with E-state index in [0.717, 1.165) is 61.4 Å². The van der Waals surface area contributed by atoms with E-state index in [1.807, 2.05) is 12.4 Å². The number of aromatic amines is 1. The summed E-state index contributed by atoms with van der Waals surface area (Å²) in [5.74, 6) is 0.725. The molecule has 0 saturated carbocycles. The van der Waals surface area contributed by atoms with Crippen LogP contribution in [0, 0.1) is 0 Å². The molecule has 1 aliphatic rings. The molecule has 0 bridgehead atoms. The number of benzene rings is 1. The average molecular weight is 420 g/mol. The number of hydrogen-bond acceptors (Lipinski definition) is 6. The zero-order valence-corrected chi connectivity index (χ0v) is 18.1. The molecule has 1 atom stereocenters. The number of ether oxygens (including phenoxy) is 1. The van der Waals surface area contributed by atoms with Gasteiger partial charge < -0.3 is 24.9 Å². The third kappa shape index (κ3) is 4.07. The van der Waals surface area contributed by atoms with Crippen LogP contribution >= 0.6 is 0 Å². The van der Waals surface area contributed by atoms with Gasteiger partial charge in [0.15, 0.2) is 17.0 Å². The first kappa shape index (κ1) is 19.8. The zero-order valence-electron chi connectivity index (χ0n) is 18.1. The lowest BCUT2D eigenvalue weighted by Gasteiger charge is -2.23. The minimum Gasteiger partial charge on any atom is -0.459 e. The fourth-order valence-electron chi connectivity index (χ4n) is 4.17. The van der Waals surface area contributed by atoms with Crippen molar-refractivity contribution in [3.63, 3.8) is 0 Å². The minimum atomic E-state index is 0.0979. The van der Waals surface area contributed by atoms with E-state index in [1.165, 1.54) is 10.9 Å². The van der Waals surface area contributed by atoms with Crippen LogP contribution in [0.2, 0.25) is 0 Å². The van der Waals surface area contributed by atoms with Gasteiger partial charge in [0.1, 0.15) is 6.10 Å². The van der Waals surface area contributed by atoms with E-state index in [-0.39, 0.29) is 12.1 Å². The summed E-state index contributed by atoms with van der Waals surface area (Å²) in [5.41, 5.74) is 4.03. The maximum atomic E-state index is 6.15. The number of fused-ring (bicyclic) bond motifs is 2. The molecule has 4 heterocycles. The quantitative estimate of drug-likeness (QED) is 0.423. The molecule has 1 saturated heterocycles. The van der Waals surface area contributed by atoms with Crippen LogP contribution in [0.1, 0.15) is 38.3 Å². The zero-order chi connectivity index (χ0) is 21.2. The molecule has 3 aromatic heterocycles. The van der Waals surface area contributed by atoms with Crippen LogP contribution in [-0.2, 0) is 6.42 Å². The molecule has 0 radical (unpaired) electrons. The molecule has 8 nitrogen and oxygen atoms in total. The topological polar surface area (TPSA) is 92.7 Å². The lowest BCUT2D eigenvalue weighted by molar-refractivity contribution is 0.154. The monoisotopic (exact) mass is 419 g/mol. The Morgan fingerprint density at radius 1 is 1.26 bits per heavy atom. The van der Waals surface area contributed by atoms with E-state index in [0.29, 0.717) is 6.01 Å². The van der Waals surface area contributed by atoms with Gasteiger partial charge in [-0.3, -0.25) is 0 Å². The lowest BCUT2D eigenvalue weighted by Crippen LogP contribution is -2.37. The van der Waals surface area contributed by atoms with Gasteiger partial charge in [-0.2, -0.15) is 9.97 Å². The number of rotatable bonds is 7. The van der Waals surface area contributed by atoms with Crippen molar-refractivity contribution < 1.29 is 4.74 Å². The Bertz CT molecular complexity index is 1170. The number of nitrogens with zero attached hydrogens (tertiary/aromatic N) is 4. The van der Waals surface area contributed by atoms with Crippen molar-refractivity contribution in [1.29, 1.82) is 0 Å². The van der Waals surface area contributed by atoms with Gasteiger partial charge in [0.2, 0.25) is 0 Å². The standard InChI is InChI=1S/C23H29N7O/c1-15(2)30-14-27-20-21(25-11-9-16-12-26-19-8-4-3-7-18(16)19)28-23(29-22(20)30)31-17-6-5-10-24-13-17/h3-4,7-8,12,14-15,17,24,26H,5-6,9-11,13H2,1-2H3,(H,25,28,29). The molecule has 4 aromatic rings. The van der Waals surface area contributed by atoms with Crippen LogP contribution in [0.15, 0.2) is 36.8 Å². The largest absolute Gasteiger partial charge is 0.459 e. The summed E-state index contributed by atoms with van der Waals surface area (Å²) in [4.78, 5) is 17.3. The van der Waals surface area contributed by atoms with E-state index in [4.69, 9.17) is 14.7 Å². The summed E-state index contributed by atoms with van der Waals surface area (Å²) in [5, 5.41) is 8.12. The van der Waals surface area contributed by atoms with Crippen LogP contribution in [0.3, 0.4) is 0 Å². The van der Waals surface area contributed by atoms with Gasteiger partial charge in [0, 0.05) is 36.2 Å². The van der Waals surface area contributed by atoms with Crippen molar-refractivity contribution in [2.24, 2.45) is 0 Å². The van der Waals surface area contributed by atoms with Crippen LogP contribution < -0.4 is 15.4 Å². The Morgan fingerprint density at radius 3 is 3.00 bits per heavy atom. The predicted molar refractivity (Wildman–Crippen MR) is 123 cm³/mol. The van der Waals surface area contributed by atoms with Crippen molar-refractivity contribution in [1.82, 2.24) is 29.8 Å². The second-order valence-corrected chi connectivity index (χ2v) is 8.40. The molecule has 162 valence electrons. The average Bonchev–Trinajstić information content (AvgIpc) is 3.39. The van der Waals surface area contributed by atoms with Gasteiger partial charge in [-0.05, 0) is 51.3 Å². The smallest absolute Gasteiger partial charge is 0.320 e. The molecule has 0 spiro atoms. The lowest BCUT2D eigenvalue weighted by atomic mass is 10.1. The number of nitrogens with one attached hydrogen (secondary N) is 3. The van der Waals surface area contributed by atoms with Crippen molar-refractivity contribution in [2.45, 2.75) is 45.3 Å². The predicted octanol–water partition coefficient (Wildman–Crippen LogP) is 3.67. The maximum Gasteiger partial charge on any atom is 0.320 e. The normalized spacial score (nSPS) is 16.9. The van der Waals surface area contributed by atoms with Crippen molar-refractivity contribution in [3.05, 3.63) is 42.4 Å². The molecule has 0 aliphatic carbocycles. The molecule has 31 heavy (non-hydrogen) atoms. The van der Waals surface area contributed by atoms with E-state index < -0.39 is 0 Å². The third-order valence-electron chi connectivity index (χ3n) is 5.84. The number of anilines is 1. The summed E-state index contributed by atoms with van der Waals surface area (Å²) in [6.07, 6.45) is 7.01. The fraction of sp³-hybridized carbons (Fsp3) is 0.435. The van der Waals surface area contributed by atoms with Crippen LogP contribution in [0.25, 0.3) is 22.1 Å². The first-order valence-electron chi connectivity index (χ1n) is 11.1. The van der Waals surface area contributed by atoms with E-state index >= 15 is 0 Å². The van der Waals surface area contributed by atoms with E-state index in [2.05, 4.69) is 63.4 Å². The highest BCUT2D eigenvalue weighted by atomic mass is 16.5. The van der Waals surface area contributed by atoms with Gasteiger partial charge >= 0.3 is 6.01 Å². The van der Waals surface area contributed by atoms with Gasteiger partial charge in [0.25, 0.3) is 0 Å². The second-order valence-electron chi connectivity index (χ2n) is 8.40. The van der Waals surface area contributed by atoms with Gasteiger partial charge in [-0.25, -0.2) is 4.98 Å². The number of piperidine rings is 1. The molecule has 1 unspecified atom stereocenters. The van der Waals surface area contributed by atoms with Crippen molar-refractivity contribution in [3.8, 4) is 6.01 Å². The highest BCUT2D eigenvalue weighted by molar-refractivity contribution is 5.84. The van der Waals surface area contributed by atoms with Gasteiger partial charge in [-0.1, -0.05) is 18.2 Å². The van der Waals surface area contributed by atoms with Gasteiger partial charge in [-0.15, -0.1) is 0 Å². The Labute approximate surface area is 181 Å². The first-order chi connectivity index (χ1) is 15.2. The summed E-state index contributed by atoms with van der Waals surface area (Å²) in [6, 6.07) is 9.04. The number of para-hydroxylation sites is 1. The molecule has 5 rings (SSSR count). The Hall–Kier alpha value is -3.13. The molecular weight excluding hydrogens is 390 g/mol.